The normalized spacial score (nSPS) is 9.75. The molecular weight excluding hydrogens is 180 g/mol. The molecule has 12 heavy (non-hydrogen) atoms. The molecule has 0 unspecified atom stereocenters. The molecule has 0 amide bonds. The summed E-state index contributed by atoms with van der Waals surface area (Å²) in [6.07, 6.45) is 0. The molecule has 0 spiro atoms. The maximum Gasteiger partial charge on any atom is 0.285 e. The molecule has 1 aromatic rings. The Balaban J connectivity index is 3.75. The fraction of sp³-hybridized carbons (Fsp3) is 0.200. The summed E-state index contributed by atoms with van der Waals surface area (Å²) in [5.74, 6) is -0.0990. The lowest BCUT2D eigenvalue weighted by molar-refractivity contribution is 0.809. The van der Waals surface area contributed by atoms with Crippen LogP contribution in [0.3, 0.4) is 0 Å². The number of nitroso groups, excluding NO2 is 1. The van der Waals surface area contributed by atoms with E-state index in [0.29, 0.717) is 0 Å². The van der Waals surface area contributed by atoms with Crippen molar-refractivity contribution in [2.45, 2.75) is 0 Å². The Kier molecular flexibility index (Phi) is 2.05. The summed E-state index contributed by atoms with van der Waals surface area (Å²) in [7, 11) is 1.43. The minimum absolute atomic E-state index is 0.0990. The van der Waals surface area contributed by atoms with Gasteiger partial charge in [-0.2, -0.15) is 0 Å². The van der Waals surface area contributed by atoms with Crippen molar-refractivity contribution in [2.24, 2.45) is 12.2 Å². The number of hydrogen-bond acceptors (Lipinski definition) is 5. The second kappa shape index (κ2) is 2.86. The molecule has 0 atom stereocenters. The third kappa shape index (κ3) is 1.14. The molecule has 7 heteroatoms. The monoisotopic (exact) mass is 186 g/mol. The standard InChI is InChI=1S/C5H6N4O2S/c1-9-4(10)2(8-11)3(6)7-5(9)12/h6H2,1H3,(H,7,12). The van der Waals surface area contributed by atoms with Gasteiger partial charge in [0.2, 0.25) is 5.69 Å². The molecule has 0 aliphatic carbocycles. The number of anilines is 1. The van der Waals surface area contributed by atoms with E-state index in [0.717, 1.165) is 4.57 Å². The van der Waals surface area contributed by atoms with Crippen molar-refractivity contribution >= 4 is 23.7 Å². The van der Waals surface area contributed by atoms with E-state index in [1.807, 2.05) is 0 Å². The minimum Gasteiger partial charge on any atom is -0.383 e. The largest absolute Gasteiger partial charge is 0.383 e. The summed E-state index contributed by atoms with van der Waals surface area (Å²) >= 11 is 4.72. The van der Waals surface area contributed by atoms with Crippen molar-refractivity contribution < 1.29 is 0 Å². The van der Waals surface area contributed by atoms with Crippen molar-refractivity contribution in [1.29, 1.82) is 0 Å². The van der Waals surface area contributed by atoms with Crippen LogP contribution in [0, 0.1) is 9.68 Å². The third-order valence-electron chi connectivity index (χ3n) is 1.40. The molecule has 0 radical (unpaired) electrons. The second-order valence-corrected chi connectivity index (χ2v) is 2.53. The molecule has 0 saturated heterocycles. The fourth-order valence-corrected chi connectivity index (χ4v) is 0.906. The number of aromatic amines is 1. The zero-order valence-electron chi connectivity index (χ0n) is 6.20. The van der Waals surface area contributed by atoms with Gasteiger partial charge in [0.1, 0.15) is 5.82 Å². The summed E-state index contributed by atoms with van der Waals surface area (Å²) in [4.78, 5) is 23.7. The van der Waals surface area contributed by atoms with E-state index in [2.05, 4.69) is 10.2 Å². The summed E-state index contributed by atoms with van der Waals surface area (Å²) in [5, 5.41) is 2.49. The van der Waals surface area contributed by atoms with Crippen LogP contribution in [-0.2, 0) is 7.05 Å². The first-order valence-electron chi connectivity index (χ1n) is 3.00. The third-order valence-corrected chi connectivity index (χ3v) is 1.78. The van der Waals surface area contributed by atoms with E-state index in [9.17, 15) is 9.70 Å². The fourth-order valence-electron chi connectivity index (χ4n) is 0.713. The van der Waals surface area contributed by atoms with Crippen LogP contribution < -0.4 is 11.3 Å². The lowest BCUT2D eigenvalue weighted by Gasteiger charge is -2.00. The zero-order chi connectivity index (χ0) is 9.30. The highest BCUT2D eigenvalue weighted by Crippen LogP contribution is 2.11. The van der Waals surface area contributed by atoms with Gasteiger partial charge in [0, 0.05) is 7.05 Å². The van der Waals surface area contributed by atoms with E-state index in [-0.39, 0.29) is 16.3 Å². The molecule has 1 aromatic heterocycles. The van der Waals surface area contributed by atoms with Gasteiger partial charge in [-0.25, -0.2) is 0 Å². The minimum atomic E-state index is -0.591. The summed E-state index contributed by atoms with van der Waals surface area (Å²) in [6, 6.07) is 0. The van der Waals surface area contributed by atoms with Crippen LogP contribution in [-0.4, -0.2) is 9.55 Å². The van der Waals surface area contributed by atoms with Crippen LogP contribution in [0.2, 0.25) is 0 Å². The molecule has 64 valence electrons. The van der Waals surface area contributed by atoms with Gasteiger partial charge in [0.05, 0.1) is 0 Å². The zero-order valence-corrected chi connectivity index (χ0v) is 7.01. The molecule has 1 rings (SSSR count). The van der Waals surface area contributed by atoms with E-state index >= 15 is 0 Å². The topological polar surface area (TPSA) is 93.2 Å². The first-order valence-corrected chi connectivity index (χ1v) is 3.41. The van der Waals surface area contributed by atoms with Gasteiger partial charge in [-0.05, 0) is 17.4 Å². The molecule has 0 aliphatic heterocycles. The van der Waals surface area contributed by atoms with Crippen molar-refractivity contribution in [3.05, 3.63) is 20.0 Å². The molecule has 0 saturated carbocycles. The van der Waals surface area contributed by atoms with E-state index in [4.69, 9.17) is 18.0 Å². The molecular formula is C5H6N4O2S. The Labute approximate surface area is 72.0 Å². The highest BCUT2D eigenvalue weighted by atomic mass is 32.1. The van der Waals surface area contributed by atoms with Gasteiger partial charge in [-0.15, -0.1) is 4.91 Å². The van der Waals surface area contributed by atoms with Crippen molar-refractivity contribution in [3.8, 4) is 0 Å². The van der Waals surface area contributed by atoms with Gasteiger partial charge >= 0.3 is 0 Å². The highest BCUT2D eigenvalue weighted by molar-refractivity contribution is 7.71. The number of rotatable bonds is 1. The number of nitrogen functional groups attached to an aromatic ring is 1. The van der Waals surface area contributed by atoms with Crippen molar-refractivity contribution in [3.63, 3.8) is 0 Å². The van der Waals surface area contributed by atoms with Crippen LogP contribution in [0.15, 0.2) is 9.97 Å². The second-order valence-electron chi connectivity index (χ2n) is 2.15. The number of hydrogen-bond donors (Lipinski definition) is 2. The predicted octanol–water partition coefficient (Wildman–Crippen LogP) is 0.423. The van der Waals surface area contributed by atoms with Gasteiger partial charge in [-0.1, -0.05) is 0 Å². The van der Waals surface area contributed by atoms with Crippen molar-refractivity contribution in [1.82, 2.24) is 9.55 Å². The molecule has 0 bridgehead atoms. The predicted molar refractivity (Wildman–Crippen MR) is 46.7 cm³/mol. The Hall–Kier alpha value is -1.50. The lowest BCUT2D eigenvalue weighted by Crippen LogP contribution is -2.19. The van der Waals surface area contributed by atoms with Crippen LogP contribution in [0.4, 0.5) is 11.5 Å². The number of H-pyrrole nitrogens is 1. The Morgan fingerprint density at radius 1 is 1.67 bits per heavy atom. The van der Waals surface area contributed by atoms with Gasteiger partial charge in [-0.3, -0.25) is 9.36 Å². The van der Waals surface area contributed by atoms with Gasteiger partial charge < -0.3 is 10.7 Å². The van der Waals surface area contributed by atoms with E-state index < -0.39 is 5.56 Å². The first-order chi connectivity index (χ1) is 5.57. The number of nitrogens with zero attached hydrogens (tertiary/aromatic N) is 2. The SMILES string of the molecule is Cn1c(=S)[nH]c(N)c(N=O)c1=O. The quantitative estimate of drug-likeness (QED) is 0.491. The Morgan fingerprint density at radius 2 is 2.25 bits per heavy atom. The number of aromatic nitrogens is 2. The molecule has 0 aromatic carbocycles. The average Bonchev–Trinajstić information content (AvgIpc) is 2.01. The van der Waals surface area contributed by atoms with E-state index in [1.54, 1.807) is 0 Å². The molecule has 1 heterocycles. The van der Waals surface area contributed by atoms with Crippen LogP contribution >= 0.6 is 12.2 Å². The van der Waals surface area contributed by atoms with Crippen LogP contribution in [0.25, 0.3) is 0 Å². The Bertz CT molecular complexity index is 432. The van der Waals surface area contributed by atoms with Gasteiger partial charge in [0.25, 0.3) is 5.56 Å². The summed E-state index contributed by atoms with van der Waals surface area (Å²) < 4.78 is 1.24. The number of nitrogens with one attached hydrogen (secondary N) is 1. The smallest absolute Gasteiger partial charge is 0.285 e. The van der Waals surface area contributed by atoms with Crippen molar-refractivity contribution in [2.75, 3.05) is 5.73 Å². The molecule has 0 aliphatic rings. The first kappa shape index (κ1) is 8.60. The Morgan fingerprint density at radius 3 is 2.75 bits per heavy atom. The molecule has 3 N–H and O–H groups in total. The highest BCUT2D eigenvalue weighted by Gasteiger charge is 2.07. The van der Waals surface area contributed by atoms with Gasteiger partial charge in [0.15, 0.2) is 4.77 Å². The van der Waals surface area contributed by atoms with Crippen LogP contribution in [0.1, 0.15) is 0 Å². The molecule has 6 nitrogen and oxygen atoms in total. The van der Waals surface area contributed by atoms with Crippen LogP contribution in [0.5, 0.6) is 0 Å². The average molecular weight is 186 g/mol. The maximum absolute atomic E-state index is 11.1. The maximum atomic E-state index is 11.1. The lowest BCUT2D eigenvalue weighted by atomic mass is 10.5. The number of nitrogens with two attached hydrogens (primary N) is 1. The molecule has 0 fully saturated rings. The summed E-state index contributed by atoms with van der Waals surface area (Å²) in [6.45, 7) is 0. The summed E-state index contributed by atoms with van der Waals surface area (Å²) in [5.41, 5.74) is 4.34. The van der Waals surface area contributed by atoms with E-state index in [1.165, 1.54) is 7.05 Å².